The summed E-state index contributed by atoms with van der Waals surface area (Å²) in [4.78, 5) is 0. The van der Waals surface area contributed by atoms with Crippen molar-refractivity contribution >= 4 is 21.5 Å². The molecule has 0 aliphatic heterocycles. The molecule has 4 aromatic carbocycles. The molecule has 101 valence electrons. The second kappa shape index (κ2) is 5.39. The summed E-state index contributed by atoms with van der Waals surface area (Å²) in [6.45, 7) is 0. The fourth-order valence-electron chi connectivity index (χ4n) is 2.60. The largest absolute Gasteiger partial charge is 0.0616 e. The van der Waals surface area contributed by atoms with Crippen molar-refractivity contribution in [1.29, 1.82) is 0 Å². The standard InChI is InChI=1S/C22H13/c1-3-7-21-15-17(11-13-19(21)5-1)9-10-18-12-14-20-6-2-4-8-22(20)16-18/h1-8,11-13,15-16H. The van der Waals surface area contributed by atoms with Crippen molar-refractivity contribution in [3.63, 3.8) is 0 Å². The number of hydrogen-bond donors (Lipinski definition) is 0. The maximum atomic E-state index is 3.28. The molecular weight excluding hydrogens is 264 g/mol. The van der Waals surface area contributed by atoms with E-state index in [1.54, 1.807) is 0 Å². The topological polar surface area (TPSA) is 0 Å². The summed E-state index contributed by atoms with van der Waals surface area (Å²) in [6, 6.07) is 30.2. The van der Waals surface area contributed by atoms with E-state index in [4.69, 9.17) is 0 Å². The van der Waals surface area contributed by atoms with Crippen LogP contribution in [-0.2, 0) is 0 Å². The van der Waals surface area contributed by atoms with E-state index in [1.165, 1.54) is 16.2 Å². The normalized spacial score (nSPS) is 10.4. The van der Waals surface area contributed by atoms with Gasteiger partial charge in [-0.25, -0.2) is 0 Å². The van der Waals surface area contributed by atoms with Crippen molar-refractivity contribution in [1.82, 2.24) is 0 Å². The Morgan fingerprint density at radius 2 is 1.27 bits per heavy atom. The maximum Gasteiger partial charge on any atom is 0.0261 e. The predicted octanol–water partition coefficient (Wildman–Crippen LogP) is 5.19. The van der Waals surface area contributed by atoms with E-state index in [1.807, 2.05) is 18.2 Å². The Hall–Kier alpha value is -3.04. The quantitative estimate of drug-likeness (QED) is 0.388. The molecule has 1 radical (unpaired) electrons. The van der Waals surface area contributed by atoms with Gasteiger partial charge < -0.3 is 0 Å². The lowest BCUT2D eigenvalue weighted by Gasteiger charge is -1.98. The van der Waals surface area contributed by atoms with E-state index in [0.717, 1.165) is 16.5 Å². The van der Waals surface area contributed by atoms with Gasteiger partial charge in [-0.15, -0.1) is 0 Å². The minimum absolute atomic E-state index is 0.992. The minimum atomic E-state index is 0.992. The second-order valence-electron chi connectivity index (χ2n) is 5.29. The van der Waals surface area contributed by atoms with Crippen LogP contribution in [0, 0.1) is 17.9 Å². The minimum Gasteiger partial charge on any atom is -0.0616 e. The van der Waals surface area contributed by atoms with Crippen molar-refractivity contribution in [3.05, 3.63) is 96.1 Å². The maximum absolute atomic E-state index is 3.28. The monoisotopic (exact) mass is 277 g/mol. The zero-order valence-electron chi connectivity index (χ0n) is 12.0. The molecule has 0 heterocycles. The molecule has 0 N–H and O–H groups in total. The van der Waals surface area contributed by atoms with E-state index in [2.05, 4.69) is 78.6 Å². The van der Waals surface area contributed by atoms with Crippen LogP contribution in [-0.4, -0.2) is 0 Å². The Morgan fingerprint density at radius 1 is 0.591 bits per heavy atom. The van der Waals surface area contributed by atoms with E-state index >= 15 is 0 Å². The van der Waals surface area contributed by atoms with Crippen LogP contribution in [0.4, 0.5) is 0 Å². The fraction of sp³-hybridized carbons (Fsp3) is 0. The summed E-state index contributed by atoms with van der Waals surface area (Å²) in [5.41, 5.74) is 2.03. The van der Waals surface area contributed by atoms with Crippen LogP contribution < -0.4 is 0 Å². The average molecular weight is 277 g/mol. The number of rotatable bonds is 0. The highest BCUT2D eigenvalue weighted by molar-refractivity contribution is 5.84. The molecule has 0 nitrogen and oxygen atoms in total. The van der Waals surface area contributed by atoms with Crippen LogP contribution in [0.3, 0.4) is 0 Å². The molecule has 0 aliphatic carbocycles. The molecular formula is C22H13. The van der Waals surface area contributed by atoms with Crippen LogP contribution in [0.2, 0.25) is 0 Å². The molecule has 22 heavy (non-hydrogen) atoms. The lowest BCUT2D eigenvalue weighted by molar-refractivity contribution is 1.66. The molecule has 0 spiro atoms. The predicted molar refractivity (Wildman–Crippen MR) is 92.7 cm³/mol. The van der Waals surface area contributed by atoms with Crippen LogP contribution in [0.1, 0.15) is 11.1 Å². The van der Waals surface area contributed by atoms with Crippen molar-refractivity contribution in [2.45, 2.75) is 0 Å². The summed E-state index contributed by atoms with van der Waals surface area (Å²) < 4.78 is 0. The highest BCUT2D eigenvalue weighted by atomic mass is 14.0. The highest BCUT2D eigenvalue weighted by Crippen LogP contribution is 2.16. The van der Waals surface area contributed by atoms with Gasteiger partial charge in [-0.05, 0) is 51.9 Å². The van der Waals surface area contributed by atoms with Crippen molar-refractivity contribution < 1.29 is 0 Å². The van der Waals surface area contributed by atoms with E-state index in [-0.39, 0.29) is 0 Å². The third-order valence-electron chi connectivity index (χ3n) is 3.76. The fourth-order valence-corrected chi connectivity index (χ4v) is 2.60. The third-order valence-corrected chi connectivity index (χ3v) is 3.76. The van der Waals surface area contributed by atoms with Crippen LogP contribution in [0.5, 0.6) is 0 Å². The summed E-state index contributed by atoms with van der Waals surface area (Å²) in [7, 11) is 0. The Bertz CT molecular complexity index is 946. The van der Waals surface area contributed by atoms with Gasteiger partial charge in [-0.2, -0.15) is 0 Å². The Morgan fingerprint density at radius 3 is 2.18 bits per heavy atom. The highest BCUT2D eigenvalue weighted by Gasteiger charge is 1.95. The van der Waals surface area contributed by atoms with Crippen LogP contribution in [0.15, 0.2) is 78.9 Å². The summed E-state index contributed by atoms with van der Waals surface area (Å²) in [5, 5.41) is 4.76. The van der Waals surface area contributed by atoms with Gasteiger partial charge in [-0.3, -0.25) is 0 Å². The summed E-state index contributed by atoms with van der Waals surface area (Å²) in [6.07, 6.45) is 0. The average Bonchev–Trinajstić information content (AvgIpc) is 2.59. The molecule has 0 saturated heterocycles. The van der Waals surface area contributed by atoms with Gasteiger partial charge in [0.15, 0.2) is 0 Å². The Labute approximate surface area is 130 Å². The van der Waals surface area contributed by atoms with Gasteiger partial charge >= 0.3 is 0 Å². The van der Waals surface area contributed by atoms with E-state index in [0.29, 0.717) is 0 Å². The smallest absolute Gasteiger partial charge is 0.0261 e. The van der Waals surface area contributed by atoms with Gasteiger partial charge in [0, 0.05) is 11.1 Å². The zero-order chi connectivity index (χ0) is 14.8. The summed E-state index contributed by atoms with van der Waals surface area (Å²) >= 11 is 0. The molecule has 0 unspecified atom stereocenters. The molecule has 4 rings (SSSR count). The molecule has 0 fully saturated rings. The first-order chi connectivity index (χ1) is 10.9. The van der Waals surface area contributed by atoms with E-state index < -0.39 is 0 Å². The van der Waals surface area contributed by atoms with Crippen LogP contribution in [0.25, 0.3) is 21.5 Å². The first-order valence-electron chi connectivity index (χ1n) is 7.30. The number of fused-ring (bicyclic) bond motifs is 2. The SMILES string of the molecule is C(#Cc1ccc2ccccc2c1)c1c[c]c2ccccc2c1. The van der Waals surface area contributed by atoms with Crippen LogP contribution >= 0.6 is 0 Å². The molecule has 0 bridgehead atoms. The first kappa shape index (κ1) is 12.7. The Kier molecular flexibility index (Phi) is 3.11. The third kappa shape index (κ3) is 2.45. The van der Waals surface area contributed by atoms with Gasteiger partial charge in [-0.1, -0.05) is 66.4 Å². The van der Waals surface area contributed by atoms with Gasteiger partial charge in [0.05, 0.1) is 0 Å². The lowest BCUT2D eigenvalue weighted by atomic mass is 10.1. The summed E-state index contributed by atoms with van der Waals surface area (Å²) in [5.74, 6) is 6.48. The first-order valence-corrected chi connectivity index (χ1v) is 7.30. The van der Waals surface area contributed by atoms with Crippen molar-refractivity contribution in [3.8, 4) is 11.8 Å². The van der Waals surface area contributed by atoms with Gasteiger partial charge in [0.1, 0.15) is 0 Å². The van der Waals surface area contributed by atoms with E-state index in [9.17, 15) is 0 Å². The number of benzene rings is 4. The molecule has 0 amide bonds. The molecule has 0 aromatic heterocycles. The second-order valence-corrected chi connectivity index (χ2v) is 5.29. The van der Waals surface area contributed by atoms with Gasteiger partial charge in [0.2, 0.25) is 0 Å². The molecule has 0 saturated carbocycles. The Balaban J connectivity index is 1.73. The molecule has 0 heteroatoms. The van der Waals surface area contributed by atoms with Gasteiger partial charge in [0.25, 0.3) is 0 Å². The lowest BCUT2D eigenvalue weighted by Crippen LogP contribution is -1.79. The molecule has 4 aromatic rings. The van der Waals surface area contributed by atoms with Crippen molar-refractivity contribution in [2.75, 3.05) is 0 Å². The molecule has 0 aliphatic rings. The number of hydrogen-bond acceptors (Lipinski definition) is 0. The molecule has 0 atom stereocenters. The zero-order valence-corrected chi connectivity index (χ0v) is 12.0. The van der Waals surface area contributed by atoms with Crippen molar-refractivity contribution in [2.24, 2.45) is 0 Å².